The number of amides is 1. The predicted molar refractivity (Wildman–Crippen MR) is 77.2 cm³/mol. The summed E-state index contributed by atoms with van der Waals surface area (Å²) in [7, 11) is 0. The van der Waals surface area contributed by atoms with Gasteiger partial charge in [-0.2, -0.15) is 0 Å². The zero-order valence-electron chi connectivity index (χ0n) is 12.2. The number of anilines is 1. The Morgan fingerprint density at radius 3 is 2.63 bits per heavy atom. The molecule has 0 saturated carbocycles. The van der Waals surface area contributed by atoms with Gasteiger partial charge in [-0.05, 0) is 18.8 Å². The van der Waals surface area contributed by atoms with E-state index in [2.05, 4.69) is 48.3 Å². The van der Waals surface area contributed by atoms with Crippen LogP contribution in [0.3, 0.4) is 0 Å². The fourth-order valence-electron chi connectivity index (χ4n) is 1.80. The van der Waals surface area contributed by atoms with E-state index in [1.54, 1.807) is 6.20 Å². The van der Waals surface area contributed by atoms with E-state index in [-0.39, 0.29) is 11.9 Å². The third kappa shape index (κ3) is 4.85. The van der Waals surface area contributed by atoms with Gasteiger partial charge < -0.3 is 10.6 Å². The first-order valence-corrected chi connectivity index (χ1v) is 6.95. The second-order valence-corrected chi connectivity index (χ2v) is 4.95. The highest BCUT2D eigenvalue weighted by atomic mass is 16.1. The van der Waals surface area contributed by atoms with Crippen molar-refractivity contribution >= 4 is 11.7 Å². The Labute approximate surface area is 115 Å². The molecule has 5 nitrogen and oxygen atoms in total. The molecule has 0 aromatic carbocycles. The van der Waals surface area contributed by atoms with Crippen molar-refractivity contribution in [1.29, 1.82) is 0 Å². The van der Waals surface area contributed by atoms with Gasteiger partial charge in [0.25, 0.3) is 5.91 Å². The third-order valence-electron chi connectivity index (χ3n) is 2.98. The number of aromatic nitrogens is 2. The molecule has 1 rings (SSSR count). The van der Waals surface area contributed by atoms with Crippen molar-refractivity contribution in [2.45, 2.75) is 46.6 Å². The Hall–Kier alpha value is -1.65. The van der Waals surface area contributed by atoms with E-state index in [4.69, 9.17) is 0 Å². The fourth-order valence-corrected chi connectivity index (χ4v) is 1.80. The summed E-state index contributed by atoms with van der Waals surface area (Å²) in [6.07, 6.45) is 5.04. The van der Waals surface area contributed by atoms with Crippen LogP contribution in [0.4, 0.5) is 5.82 Å². The van der Waals surface area contributed by atoms with Gasteiger partial charge >= 0.3 is 0 Å². The lowest BCUT2D eigenvalue weighted by Crippen LogP contribution is -2.38. The fraction of sp³-hybridized carbons (Fsp3) is 0.643. The molecule has 19 heavy (non-hydrogen) atoms. The van der Waals surface area contributed by atoms with Gasteiger partial charge in [-0.1, -0.05) is 27.7 Å². The maximum Gasteiger partial charge on any atom is 0.271 e. The predicted octanol–water partition coefficient (Wildman–Crippen LogP) is 2.46. The van der Waals surface area contributed by atoms with Gasteiger partial charge in [0, 0.05) is 12.6 Å². The quantitative estimate of drug-likeness (QED) is 0.794. The molecular weight excluding hydrogens is 240 g/mol. The summed E-state index contributed by atoms with van der Waals surface area (Å²) in [6.45, 7) is 9.16. The van der Waals surface area contributed by atoms with Crippen LogP contribution in [0, 0.1) is 5.92 Å². The summed E-state index contributed by atoms with van der Waals surface area (Å²) in [5.41, 5.74) is 0.361. The Bertz CT molecular complexity index is 406. The van der Waals surface area contributed by atoms with Gasteiger partial charge in [0.1, 0.15) is 11.5 Å². The molecule has 0 aliphatic rings. The van der Waals surface area contributed by atoms with E-state index in [1.807, 2.05) is 0 Å². The molecule has 0 saturated heterocycles. The van der Waals surface area contributed by atoms with Gasteiger partial charge in [0.15, 0.2) is 0 Å². The van der Waals surface area contributed by atoms with Crippen molar-refractivity contribution in [2.75, 3.05) is 11.9 Å². The molecule has 0 aliphatic heterocycles. The molecule has 1 atom stereocenters. The highest BCUT2D eigenvalue weighted by Gasteiger charge is 2.16. The minimum Gasteiger partial charge on any atom is -0.369 e. The number of nitrogens with zero attached hydrogens (tertiary/aromatic N) is 2. The normalized spacial score (nSPS) is 12.3. The van der Waals surface area contributed by atoms with Gasteiger partial charge in [0.05, 0.1) is 12.4 Å². The average molecular weight is 264 g/mol. The minimum absolute atomic E-state index is 0.159. The maximum atomic E-state index is 12.1. The van der Waals surface area contributed by atoms with Crippen LogP contribution < -0.4 is 10.6 Å². The highest BCUT2D eigenvalue weighted by molar-refractivity contribution is 5.92. The van der Waals surface area contributed by atoms with E-state index in [0.29, 0.717) is 17.4 Å². The Balaban J connectivity index is 2.70. The van der Waals surface area contributed by atoms with Crippen molar-refractivity contribution in [3.63, 3.8) is 0 Å². The summed E-state index contributed by atoms with van der Waals surface area (Å²) in [6, 6.07) is 0.168. The van der Waals surface area contributed by atoms with E-state index in [9.17, 15) is 4.79 Å². The van der Waals surface area contributed by atoms with Crippen LogP contribution in [0.1, 0.15) is 51.0 Å². The molecule has 1 unspecified atom stereocenters. The summed E-state index contributed by atoms with van der Waals surface area (Å²) < 4.78 is 0. The van der Waals surface area contributed by atoms with E-state index in [0.717, 1.165) is 19.4 Å². The zero-order chi connectivity index (χ0) is 14.3. The number of hydrogen-bond donors (Lipinski definition) is 2. The molecule has 1 amide bonds. The standard InChI is InChI=1S/C14H24N4O/c1-5-7-16-13-9-15-8-12(17-13)14(19)18-11(6-2)10(3)4/h8-11H,5-7H2,1-4H3,(H,16,17)(H,18,19). The van der Waals surface area contributed by atoms with Crippen LogP contribution in [0.2, 0.25) is 0 Å². The number of nitrogens with one attached hydrogen (secondary N) is 2. The molecule has 0 fully saturated rings. The molecule has 5 heteroatoms. The smallest absolute Gasteiger partial charge is 0.271 e. The van der Waals surface area contributed by atoms with Gasteiger partial charge in [0.2, 0.25) is 0 Å². The van der Waals surface area contributed by atoms with Crippen molar-refractivity contribution in [3.05, 3.63) is 18.1 Å². The van der Waals surface area contributed by atoms with E-state index < -0.39 is 0 Å². The van der Waals surface area contributed by atoms with Crippen molar-refractivity contribution < 1.29 is 4.79 Å². The topological polar surface area (TPSA) is 66.9 Å². The first-order chi connectivity index (χ1) is 9.08. The Morgan fingerprint density at radius 2 is 2.05 bits per heavy atom. The van der Waals surface area contributed by atoms with Crippen LogP contribution in [0.15, 0.2) is 12.4 Å². The Kier molecular flexibility index (Phi) is 6.25. The summed E-state index contributed by atoms with van der Waals surface area (Å²) in [5, 5.41) is 6.12. The molecule has 1 heterocycles. The highest BCUT2D eigenvalue weighted by Crippen LogP contribution is 2.07. The number of carbonyl (C=O) groups excluding carboxylic acids is 1. The maximum absolute atomic E-state index is 12.1. The monoisotopic (exact) mass is 264 g/mol. The van der Waals surface area contributed by atoms with Crippen molar-refractivity contribution in [3.8, 4) is 0 Å². The Morgan fingerprint density at radius 1 is 1.32 bits per heavy atom. The average Bonchev–Trinajstić information content (AvgIpc) is 2.42. The zero-order valence-corrected chi connectivity index (χ0v) is 12.2. The number of rotatable bonds is 7. The van der Waals surface area contributed by atoms with Crippen LogP contribution in [0.25, 0.3) is 0 Å². The van der Waals surface area contributed by atoms with E-state index >= 15 is 0 Å². The molecule has 1 aromatic rings. The van der Waals surface area contributed by atoms with Crippen LogP contribution >= 0.6 is 0 Å². The molecular formula is C14H24N4O. The van der Waals surface area contributed by atoms with Crippen LogP contribution in [-0.4, -0.2) is 28.5 Å². The van der Waals surface area contributed by atoms with E-state index in [1.165, 1.54) is 6.20 Å². The lowest BCUT2D eigenvalue weighted by molar-refractivity contribution is 0.0919. The molecule has 0 radical (unpaired) electrons. The molecule has 106 valence electrons. The van der Waals surface area contributed by atoms with Crippen molar-refractivity contribution in [2.24, 2.45) is 5.92 Å². The molecule has 0 bridgehead atoms. The van der Waals surface area contributed by atoms with Gasteiger partial charge in [-0.25, -0.2) is 4.98 Å². The molecule has 2 N–H and O–H groups in total. The van der Waals surface area contributed by atoms with Gasteiger partial charge in [-0.15, -0.1) is 0 Å². The largest absolute Gasteiger partial charge is 0.369 e. The SMILES string of the molecule is CCCNc1cncc(C(=O)NC(CC)C(C)C)n1. The van der Waals surface area contributed by atoms with Crippen molar-refractivity contribution in [1.82, 2.24) is 15.3 Å². The summed E-state index contributed by atoms with van der Waals surface area (Å²) in [4.78, 5) is 20.4. The molecule has 0 spiro atoms. The number of hydrogen-bond acceptors (Lipinski definition) is 4. The summed E-state index contributed by atoms with van der Waals surface area (Å²) in [5.74, 6) is 0.892. The van der Waals surface area contributed by atoms with Gasteiger partial charge in [-0.3, -0.25) is 9.78 Å². The lowest BCUT2D eigenvalue weighted by atomic mass is 10.0. The second kappa shape index (κ2) is 7.71. The second-order valence-electron chi connectivity index (χ2n) is 4.95. The molecule has 1 aromatic heterocycles. The first-order valence-electron chi connectivity index (χ1n) is 6.95. The minimum atomic E-state index is -0.159. The molecule has 0 aliphatic carbocycles. The lowest BCUT2D eigenvalue weighted by Gasteiger charge is -2.20. The van der Waals surface area contributed by atoms with Crippen LogP contribution in [-0.2, 0) is 0 Å². The third-order valence-corrected chi connectivity index (χ3v) is 2.98. The van der Waals surface area contributed by atoms with Crippen LogP contribution in [0.5, 0.6) is 0 Å². The summed E-state index contributed by atoms with van der Waals surface area (Å²) >= 11 is 0. The first kappa shape index (κ1) is 15.4. The number of carbonyl (C=O) groups is 1.